The molecule has 0 saturated carbocycles. The maximum Gasteiger partial charge on any atom is 0.259 e. The molecule has 3 aliphatic rings. The van der Waals surface area contributed by atoms with Crippen molar-refractivity contribution in [2.45, 2.75) is 33.4 Å². The van der Waals surface area contributed by atoms with Crippen LogP contribution in [0, 0.1) is 13.8 Å². The molecule has 3 aliphatic heterocycles. The third-order valence-electron chi connectivity index (χ3n) is 6.36. The molecule has 2 aromatic rings. The Morgan fingerprint density at radius 1 is 1.00 bits per heavy atom. The number of amides is 1. The zero-order valence-electron chi connectivity index (χ0n) is 17.8. The molecule has 5 rings (SSSR count). The molecule has 3 heterocycles. The van der Waals surface area contributed by atoms with Crippen molar-refractivity contribution in [1.82, 2.24) is 14.7 Å². The summed E-state index contributed by atoms with van der Waals surface area (Å²) in [7, 11) is 0. The smallest absolute Gasteiger partial charge is 0.259 e. The Morgan fingerprint density at radius 2 is 1.83 bits per heavy atom. The van der Waals surface area contributed by atoms with Crippen LogP contribution in [0.1, 0.15) is 28.7 Å². The number of nitrogens with zero attached hydrogens (tertiary/aromatic N) is 4. The minimum absolute atomic E-state index is 0.125. The number of carbonyl (C=O) groups is 1. The number of benzene rings is 2. The highest BCUT2D eigenvalue weighted by Crippen LogP contribution is 2.32. The second-order valence-electron chi connectivity index (χ2n) is 8.53. The second kappa shape index (κ2) is 7.73. The molecule has 0 N–H and O–H groups in total. The van der Waals surface area contributed by atoms with Crippen LogP contribution in [0.2, 0.25) is 0 Å². The number of aliphatic imine (C=N–C) groups is 1. The highest BCUT2D eigenvalue weighted by molar-refractivity contribution is 6.09. The molecular formula is C25H28N4O. The van der Waals surface area contributed by atoms with Gasteiger partial charge in [0.2, 0.25) is 5.96 Å². The predicted octanol–water partition coefficient (Wildman–Crippen LogP) is 3.48. The van der Waals surface area contributed by atoms with Gasteiger partial charge in [0.25, 0.3) is 5.91 Å². The van der Waals surface area contributed by atoms with E-state index < -0.39 is 0 Å². The molecule has 0 bridgehead atoms. The topological polar surface area (TPSA) is 39.2 Å². The van der Waals surface area contributed by atoms with E-state index in [9.17, 15) is 4.79 Å². The van der Waals surface area contributed by atoms with E-state index in [1.165, 1.54) is 28.0 Å². The minimum atomic E-state index is 0.125. The fourth-order valence-corrected chi connectivity index (χ4v) is 4.79. The van der Waals surface area contributed by atoms with Gasteiger partial charge in [-0.05, 0) is 30.5 Å². The van der Waals surface area contributed by atoms with Gasteiger partial charge in [-0.25, -0.2) is 0 Å². The SMILES string of the molecule is Cc1ccc(CN2C(=O)C3=C(CCN(Cc4ccccc4)C3)N3CCN=C23)c(C)c1. The van der Waals surface area contributed by atoms with Gasteiger partial charge in [0.15, 0.2) is 0 Å². The van der Waals surface area contributed by atoms with E-state index in [0.29, 0.717) is 13.1 Å². The molecule has 0 atom stereocenters. The van der Waals surface area contributed by atoms with Crippen molar-refractivity contribution in [2.24, 2.45) is 4.99 Å². The minimum Gasteiger partial charge on any atom is -0.314 e. The molecule has 5 nitrogen and oxygen atoms in total. The number of rotatable bonds is 4. The van der Waals surface area contributed by atoms with E-state index in [4.69, 9.17) is 4.99 Å². The molecule has 1 amide bonds. The maximum atomic E-state index is 13.6. The van der Waals surface area contributed by atoms with E-state index in [2.05, 4.69) is 66.1 Å². The summed E-state index contributed by atoms with van der Waals surface area (Å²) in [5.74, 6) is 0.967. The van der Waals surface area contributed by atoms with Crippen molar-refractivity contribution in [3.8, 4) is 0 Å². The Hall–Kier alpha value is -2.92. The first kappa shape index (κ1) is 19.1. The van der Waals surface area contributed by atoms with E-state index in [1.54, 1.807) is 0 Å². The largest absolute Gasteiger partial charge is 0.314 e. The summed E-state index contributed by atoms with van der Waals surface area (Å²) in [4.78, 5) is 24.9. The lowest BCUT2D eigenvalue weighted by atomic mass is 9.99. The van der Waals surface area contributed by atoms with Gasteiger partial charge in [-0.15, -0.1) is 0 Å². The summed E-state index contributed by atoms with van der Waals surface area (Å²) in [5, 5.41) is 0. The zero-order chi connectivity index (χ0) is 20.7. The molecular weight excluding hydrogens is 372 g/mol. The number of hydrogen-bond acceptors (Lipinski definition) is 4. The summed E-state index contributed by atoms with van der Waals surface area (Å²) in [5.41, 5.74) is 7.09. The first-order chi connectivity index (χ1) is 14.6. The van der Waals surface area contributed by atoms with Crippen molar-refractivity contribution >= 4 is 11.9 Å². The van der Waals surface area contributed by atoms with Crippen molar-refractivity contribution in [2.75, 3.05) is 26.2 Å². The lowest BCUT2D eigenvalue weighted by Gasteiger charge is -2.42. The molecule has 0 fully saturated rings. The number of aryl methyl sites for hydroxylation is 2. The molecule has 30 heavy (non-hydrogen) atoms. The van der Waals surface area contributed by atoms with Crippen LogP contribution in [-0.2, 0) is 17.9 Å². The molecule has 2 aromatic carbocycles. The van der Waals surface area contributed by atoms with E-state index in [0.717, 1.165) is 44.1 Å². The van der Waals surface area contributed by atoms with Gasteiger partial charge in [-0.2, -0.15) is 0 Å². The lowest BCUT2D eigenvalue weighted by molar-refractivity contribution is -0.125. The standard InChI is InChI=1S/C25H28N4O/c1-18-8-9-21(19(2)14-18)16-29-24(30)22-17-27(15-20-6-4-3-5-7-20)12-10-23(22)28-13-11-26-25(28)29/h3-9,14H,10-13,15-17H2,1-2H3. The molecule has 0 aromatic heterocycles. The maximum absolute atomic E-state index is 13.6. The van der Waals surface area contributed by atoms with Gasteiger partial charge in [-0.1, -0.05) is 54.1 Å². The van der Waals surface area contributed by atoms with Crippen LogP contribution >= 0.6 is 0 Å². The fourth-order valence-electron chi connectivity index (χ4n) is 4.79. The Kier molecular flexibility index (Phi) is 4.91. The third-order valence-corrected chi connectivity index (χ3v) is 6.36. The van der Waals surface area contributed by atoms with Crippen molar-refractivity contribution in [3.05, 3.63) is 82.1 Å². The van der Waals surface area contributed by atoms with Gasteiger partial charge in [0, 0.05) is 38.3 Å². The van der Waals surface area contributed by atoms with Gasteiger partial charge in [-0.3, -0.25) is 19.6 Å². The number of fused-ring (bicyclic) bond motifs is 2. The molecule has 0 spiro atoms. The van der Waals surface area contributed by atoms with Gasteiger partial charge in [0.05, 0.1) is 18.7 Å². The fraction of sp³-hybridized carbons (Fsp3) is 0.360. The second-order valence-corrected chi connectivity index (χ2v) is 8.53. The van der Waals surface area contributed by atoms with Crippen LogP contribution in [-0.4, -0.2) is 52.7 Å². The molecule has 5 heteroatoms. The summed E-state index contributed by atoms with van der Waals surface area (Å²) in [6.45, 7) is 9.00. The van der Waals surface area contributed by atoms with Crippen molar-refractivity contribution in [1.29, 1.82) is 0 Å². The van der Waals surface area contributed by atoms with Crippen molar-refractivity contribution < 1.29 is 4.79 Å². The molecule has 0 unspecified atom stereocenters. The average Bonchev–Trinajstić information content (AvgIpc) is 3.23. The Morgan fingerprint density at radius 3 is 2.63 bits per heavy atom. The molecule has 0 radical (unpaired) electrons. The van der Waals surface area contributed by atoms with Gasteiger partial charge >= 0.3 is 0 Å². The summed E-state index contributed by atoms with van der Waals surface area (Å²) >= 11 is 0. The lowest BCUT2D eigenvalue weighted by Crippen LogP contribution is -2.53. The number of guanidine groups is 1. The predicted molar refractivity (Wildman–Crippen MR) is 119 cm³/mol. The normalized spacial score (nSPS) is 19.1. The zero-order valence-corrected chi connectivity index (χ0v) is 17.8. The van der Waals surface area contributed by atoms with Crippen LogP contribution in [0.3, 0.4) is 0 Å². The van der Waals surface area contributed by atoms with Crippen LogP contribution in [0.4, 0.5) is 0 Å². The van der Waals surface area contributed by atoms with Gasteiger partial charge < -0.3 is 4.90 Å². The highest BCUT2D eigenvalue weighted by atomic mass is 16.2. The summed E-state index contributed by atoms with van der Waals surface area (Å²) in [6.07, 6.45) is 0.907. The van der Waals surface area contributed by atoms with Crippen LogP contribution in [0.15, 0.2) is 64.8 Å². The summed E-state index contributed by atoms with van der Waals surface area (Å²) < 4.78 is 0. The first-order valence-corrected chi connectivity index (χ1v) is 10.8. The number of carbonyl (C=O) groups excluding carboxylic acids is 1. The van der Waals surface area contributed by atoms with Crippen molar-refractivity contribution in [3.63, 3.8) is 0 Å². The quantitative estimate of drug-likeness (QED) is 0.789. The van der Waals surface area contributed by atoms with Crippen LogP contribution < -0.4 is 0 Å². The first-order valence-electron chi connectivity index (χ1n) is 10.8. The highest BCUT2D eigenvalue weighted by Gasteiger charge is 2.41. The molecule has 154 valence electrons. The summed E-state index contributed by atoms with van der Waals surface area (Å²) in [6, 6.07) is 17.0. The Balaban J connectivity index is 1.42. The average molecular weight is 401 g/mol. The Bertz CT molecular complexity index is 1040. The van der Waals surface area contributed by atoms with Crippen LogP contribution in [0.5, 0.6) is 0 Å². The van der Waals surface area contributed by atoms with Gasteiger partial charge in [0.1, 0.15) is 0 Å². The van der Waals surface area contributed by atoms with E-state index in [1.807, 2.05) is 11.0 Å². The van der Waals surface area contributed by atoms with E-state index >= 15 is 0 Å². The molecule has 0 aliphatic carbocycles. The third kappa shape index (κ3) is 3.43. The Labute approximate surface area is 178 Å². The monoisotopic (exact) mass is 400 g/mol. The number of hydrogen-bond donors (Lipinski definition) is 0. The van der Waals surface area contributed by atoms with E-state index in [-0.39, 0.29) is 5.91 Å². The molecule has 0 saturated heterocycles. The van der Waals surface area contributed by atoms with Crippen LogP contribution in [0.25, 0.3) is 0 Å².